The van der Waals surface area contributed by atoms with Gasteiger partial charge in [-0.25, -0.2) is 4.79 Å². The second kappa shape index (κ2) is 8.00. The number of hydrogen-bond acceptors (Lipinski definition) is 3. The molecule has 0 fully saturated rings. The molecule has 4 heteroatoms. The zero-order valence-electron chi connectivity index (χ0n) is 15.1. The zero-order chi connectivity index (χ0) is 18.5. The SMILES string of the molecule is CCC(CC)NC(=O)COC(=O)c1c2ccccc2cc2ccccc12. The molecule has 0 saturated heterocycles. The second-order valence-electron chi connectivity index (χ2n) is 6.35. The first-order valence-corrected chi connectivity index (χ1v) is 9.01. The number of carbonyl (C=O) groups excluding carboxylic acids is 2. The average Bonchev–Trinajstić information content (AvgIpc) is 2.68. The maximum Gasteiger partial charge on any atom is 0.339 e. The van der Waals surface area contributed by atoms with Gasteiger partial charge in [-0.3, -0.25) is 4.79 Å². The summed E-state index contributed by atoms with van der Waals surface area (Å²) in [5.41, 5.74) is 0.508. The first-order chi connectivity index (χ1) is 12.6. The van der Waals surface area contributed by atoms with E-state index in [0.29, 0.717) is 5.56 Å². The molecule has 134 valence electrons. The lowest BCUT2D eigenvalue weighted by atomic mass is 9.97. The molecule has 26 heavy (non-hydrogen) atoms. The molecule has 0 aliphatic rings. The van der Waals surface area contributed by atoms with Gasteiger partial charge in [-0.05, 0) is 40.5 Å². The molecule has 0 bridgehead atoms. The van der Waals surface area contributed by atoms with Crippen molar-refractivity contribution in [1.82, 2.24) is 5.32 Å². The molecule has 1 N–H and O–H groups in total. The van der Waals surface area contributed by atoms with Crippen molar-refractivity contribution < 1.29 is 14.3 Å². The third-order valence-corrected chi connectivity index (χ3v) is 4.66. The van der Waals surface area contributed by atoms with Crippen molar-refractivity contribution in [3.8, 4) is 0 Å². The fourth-order valence-electron chi connectivity index (χ4n) is 3.20. The van der Waals surface area contributed by atoms with Gasteiger partial charge in [0.2, 0.25) is 0 Å². The number of hydrogen-bond donors (Lipinski definition) is 1. The van der Waals surface area contributed by atoms with Gasteiger partial charge >= 0.3 is 5.97 Å². The highest BCUT2D eigenvalue weighted by atomic mass is 16.5. The van der Waals surface area contributed by atoms with E-state index in [1.807, 2.05) is 62.4 Å². The summed E-state index contributed by atoms with van der Waals surface area (Å²) in [4.78, 5) is 24.8. The molecule has 1 amide bonds. The molecule has 0 heterocycles. The number of rotatable bonds is 6. The number of amides is 1. The lowest BCUT2D eigenvalue weighted by molar-refractivity contribution is -0.125. The Kier molecular flexibility index (Phi) is 5.52. The van der Waals surface area contributed by atoms with Crippen LogP contribution in [0.2, 0.25) is 0 Å². The van der Waals surface area contributed by atoms with Crippen LogP contribution in [0.5, 0.6) is 0 Å². The summed E-state index contributed by atoms with van der Waals surface area (Å²) in [6.45, 7) is 3.76. The van der Waals surface area contributed by atoms with E-state index >= 15 is 0 Å². The van der Waals surface area contributed by atoms with E-state index in [2.05, 4.69) is 11.4 Å². The number of ether oxygens (including phenoxy) is 1. The summed E-state index contributed by atoms with van der Waals surface area (Å²) in [6.07, 6.45) is 1.70. The lowest BCUT2D eigenvalue weighted by Gasteiger charge is -2.15. The van der Waals surface area contributed by atoms with E-state index in [9.17, 15) is 9.59 Å². The first-order valence-electron chi connectivity index (χ1n) is 9.01. The van der Waals surface area contributed by atoms with Crippen molar-refractivity contribution >= 4 is 33.4 Å². The number of esters is 1. The van der Waals surface area contributed by atoms with Crippen molar-refractivity contribution in [1.29, 1.82) is 0 Å². The maximum atomic E-state index is 12.8. The van der Waals surface area contributed by atoms with Crippen molar-refractivity contribution in [3.05, 3.63) is 60.2 Å². The predicted molar refractivity (Wildman–Crippen MR) is 104 cm³/mol. The van der Waals surface area contributed by atoms with Gasteiger partial charge in [0.25, 0.3) is 5.91 Å². The molecule has 0 spiro atoms. The Bertz CT molecular complexity index is 890. The van der Waals surface area contributed by atoms with Crippen molar-refractivity contribution in [2.45, 2.75) is 32.7 Å². The Balaban J connectivity index is 1.88. The summed E-state index contributed by atoms with van der Waals surface area (Å²) in [5.74, 6) is -0.741. The summed E-state index contributed by atoms with van der Waals surface area (Å²) in [6, 6.07) is 17.6. The van der Waals surface area contributed by atoms with E-state index < -0.39 is 5.97 Å². The quantitative estimate of drug-likeness (QED) is 0.528. The third kappa shape index (κ3) is 3.69. The van der Waals surface area contributed by atoms with Gasteiger partial charge in [-0.1, -0.05) is 62.4 Å². The summed E-state index contributed by atoms with van der Waals surface area (Å²) in [5, 5.41) is 6.49. The molecule has 0 aromatic heterocycles. The first kappa shape index (κ1) is 17.9. The zero-order valence-corrected chi connectivity index (χ0v) is 15.1. The molecule has 3 rings (SSSR count). The van der Waals surface area contributed by atoms with Crippen molar-refractivity contribution in [2.24, 2.45) is 0 Å². The number of nitrogens with one attached hydrogen (secondary N) is 1. The highest BCUT2D eigenvalue weighted by molar-refractivity contribution is 6.16. The molecule has 0 aliphatic heterocycles. The molecular formula is C22H23NO3. The molecule has 3 aromatic rings. The van der Waals surface area contributed by atoms with Gasteiger partial charge in [0.05, 0.1) is 5.56 Å². The monoisotopic (exact) mass is 349 g/mol. The van der Waals surface area contributed by atoms with Crippen LogP contribution in [0.25, 0.3) is 21.5 Å². The number of benzene rings is 3. The van der Waals surface area contributed by atoms with Gasteiger partial charge < -0.3 is 10.1 Å². The minimum atomic E-state index is -0.474. The highest BCUT2D eigenvalue weighted by Gasteiger charge is 2.18. The summed E-state index contributed by atoms with van der Waals surface area (Å²) < 4.78 is 5.34. The molecule has 3 aromatic carbocycles. The Morgan fingerprint density at radius 1 is 0.923 bits per heavy atom. The van der Waals surface area contributed by atoms with Crippen LogP contribution in [0.4, 0.5) is 0 Å². The number of fused-ring (bicyclic) bond motifs is 2. The second-order valence-corrected chi connectivity index (χ2v) is 6.35. The normalized spacial score (nSPS) is 11.0. The van der Waals surface area contributed by atoms with Crippen molar-refractivity contribution in [2.75, 3.05) is 6.61 Å². The maximum absolute atomic E-state index is 12.8. The van der Waals surface area contributed by atoms with E-state index in [-0.39, 0.29) is 18.6 Å². The van der Waals surface area contributed by atoms with Gasteiger partial charge in [0, 0.05) is 6.04 Å². The topological polar surface area (TPSA) is 55.4 Å². The molecule has 0 atom stereocenters. The minimum Gasteiger partial charge on any atom is -0.452 e. The van der Waals surface area contributed by atoms with Gasteiger partial charge in [0.1, 0.15) is 0 Å². The summed E-state index contributed by atoms with van der Waals surface area (Å²) >= 11 is 0. The van der Waals surface area contributed by atoms with Crippen LogP contribution in [0.3, 0.4) is 0 Å². The Hall–Kier alpha value is -2.88. The molecule has 0 unspecified atom stereocenters. The van der Waals surface area contributed by atoms with Crippen LogP contribution < -0.4 is 5.32 Å². The Labute approximate surface area is 153 Å². The molecule has 0 aliphatic carbocycles. The van der Waals surface area contributed by atoms with E-state index in [4.69, 9.17) is 4.74 Å². The average molecular weight is 349 g/mol. The van der Waals surface area contributed by atoms with Crippen LogP contribution in [0, 0.1) is 0 Å². The van der Waals surface area contributed by atoms with Crippen LogP contribution in [-0.2, 0) is 9.53 Å². The van der Waals surface area contributed by atoms with Gasteiger partial charge in [0.15, 0.2) is 6.61 Å². The fraction of sp³-hybridized carbons (Fsp3) is 0.273. The van der Waals surface area contributed by atoms with Crippen LogP contribution in [0.1, 0.15) is 37.0 Å². The Morgan fingerprint density at radius 3 is 2.00 bits per heavy atom. The lowest BCUT2D eigenvalue weighted by Crippen LogP contribution is -2.36. The van der Waals surface area contributed by atoms with Gasteiger partial charge in [-0.2, -0.15) is 0 Å². The standard InChI is InChI=1S/C22H23NO3/c1-3-17(4-2)23-20(24)14-26-22(25)21-18-11-7-5-9-15(18)13-16-10-6-8-12-19(16)21/h5-13,17H,3-4,14H2,1-2H3,(H,23,24). The molecule has 0 saturated carbocycles. The molecule has 0 radical (unpaired) electrons. The summed E-state index contributed by atoms with van der Waals surface area (Å²) in [7, 11) is 0. The van der Waals surface area contributed by atoms with Crippen LogP contribution in [0.15, 0.2) is 54.6 Å². The molecular weight excluding hydrogens is 326 g/mol. The van der Waals surface area contributed by atoms with E-state index in [0.717, 1.165) is 34.4 Å². The minimum absolute atomic E-state index is 0.111. The predicted octanol–water partition coefficient (Wildman–Crippen LogP) is 4.45. The smallest absolute Gasteiger partial charge is 0.339 e. The van der Waals surface area contributed by atoms with Gasteiger partial charge in [-0.15, -0.1) is 0 Å². The van der Waals surface area contributed by atoms with E-state index in [1.54, 1.807) is 0 Å². The van der Waals surface area contributed by atoms with Crippen LogP contribution in [-0.4, -0.2) is 24.5 Å². The third-order valence-electron chi connectivity index (χ3n) is 4.66. The Morgan fingerprint density at radius 2 is 1.46 bits per heavy atom. The van der Waals surface area contributed by atoms with E-state index in [1.165, 1.54) is 0 Å². The fourth-order valence-corrected chi connectivity index (χ4v) is 3.20. The van der Waals surface area contributed by atoms with Crippen molar-refractivity contribution in [3.63, 3.8) is 0 Å². The molecule has 4 nitrogen and oxygen atoms in total. The largest absolute Gasteiger partial charge is 0.452 e. The highest BCUT2D eigenvalue weighted by Crippen LogP contribution is 2.29. The number of carbonyl (C=O) groups is 2. The van der Waals surface area contributed by atoms with Crippen LogP contribution >= 0.6 is 0 Å².